The minimum atomic E-state index is -0.658. The Hall–Kier alpha value is -2.00. The molecule has 4 fully saturated rings. The van der Waals surface area contributed by atoms with Crippen LogP contribution in [-0.4, -0.2) is 44.9 Å². The predicted octanol–water partition coefficient (Wildman–Crippen LogP) is -0.323. The summed E-state index contributed by atoms with van der Waals surface area (Å²) in [7, 11) is 0. The van der Waals surface area contributed by atoms with Gasteiger partial charge < -0.3 is 21.3 Å². The predicted molar refractivity (Wildman–Crippen MR) is 105 cm³/mol. The second kappa shape index (κ2) is 6.00. The molecule has 8 atom stereocenters. The van der Waals surface area contributed by atoms with Crippen LogP contribution in [0.1, 0.15) is 37.4 Å². The molecular weight excluding hydrogens is 356 g/mol. The third kappa shape index (κ3) is 2.09. The second-order valence-corrected chi connectivity index (χ2v) is 8.84. The van der Waals surface area contributed by atoms with Crippen LogP contribution in [0.5, 0.6) is 0 Å². The Morgan fingerprint density at radius 2 is 2.25 bits per heavy atom. The SMILES string of the molecule is CC(O)[C@H](NN)N/C=C/c1ncccc1C(N)=NC1C2CC3CC4(O)CC1C324. The Balaban J connectivity index is 1.31. The fraction of sp³-hybridized carbons (Fsp3) is 0.600. The zero-order valence-electron chi connectivity index (χ0n) is 15.9. The first-order valence-corrected chi connectivity index (χ1v) is 10.00. The van der Waals surface area contributed by atoms with E-state index >= 15 is 0 Å². The van der Waals surface area contributed by atoms with Crippen LogP contribution in [0.2, 0.25) is 0 Å². The van der Waals surface area contributed by atoms with Crippen molar-refractivity contribution in [3.05, 3.63) is 35.8 Å². The van der Waals surface area contributed by atoms with Crippen LogP contribution in [0.15, 0.2) is 29.5 Å². The Labute approximate surface area is 164 Å². The number of hydrogen-bond donors (Lipinski definition) is 6. The molecule has 8 nitrogen and oxygen atoms in total. The Kier molecular flexibility index (Phi) is 3.87. The van der Waals surface area contributed by atoms with Gasteiger partial charge in [0.15, 0.2) is 0 Å². The van der Waals surface area contributed by atoms with Gasteiger partial charge in [0, 0.05) is 17.2 Å². The molecular formula is C20H28N6O2. The molecule has 8 heteroatoms. The summed E-state index contributed by atoms with van der Waals surface area (Å²) in [6, 6.07) is 3.99. The number of nitrogens with one attached hydrogen (secondary N) is 2. The van der Waals surface area contributed by atoms with E-state index in [1.165, 1.54) is 6.42 Å². The molecule has 1 aromatic heterocycles. The summed E-state index contributed by atoms with van der Waals surface area (Å²) in [5.74, 6) is 7.61. The Morgan fingerprint density at radius 3 is 2.89 bits per heavy atom. The van der Waals surface area contributed by atoms with Gasteiger partial charge in [-0.3, -0.25) is 15.8 Å². The fourth-order valence-corrected chi connectivity index (χ4v) is 6.58. The smallest absolute Gasteiger partial charge is 0.128 e. The van der Waals surface area contributed by atoms with Crippen LogP contribution in [0.25, 0.3) is 6.08 Å². The van der Waals surface area contributed by atoms with E-state index in [0.717, 1.165) is 24.3 Å². The van der Waals surface area contributed by atoms with E-state index in [1.807, 2.05) is 12.1 Å². The largest absolute Gasteiger partial charge is 0.390 e. The highest BCUT2D eigenvalue weighted by Crippen LogP contribution is 2.89. The van der Waals surface area contributed by atoms with Crippen LogP contribution in [-0.2, 0) is 0 Å². The van der Waals surface area contributed by atoms with Gasteiger partial charge in [-0.05, 0) is 68.3 Å². The van der Waals surface area contributed by atoms with Gasteiger partial charge in [-0.25, -0.2) is 5.43 Å². The number of rotatable bonds is 7. The molecule has 28 heavy (non-hydrogen) atoms. The van der Waals surface area contributed by atoms with Crippen LogP contribution in [0.4, 0.5) is 0 Å². The normalized spacial score (nSPS) is 42.2. The standard InChI is InChI=1S/C20H28N6O2/c1-10(27)18(26-22)24-6-4-15-12(3-2-5-23-15)17(21)25-16-13-7-11-8-19(28)9-14(16)20(11,13)19/h2-6,10-11,13-14,16,18,24,26-28H,7-9,22H2,1H3,(H2,21,25)/b6-4+/t10?,11?,13?,14?,16?,18-,19?,20?/m0/s1. The highest BCUT2D eigenvalue weighted by molar-refractivity contribution is 6.00. The summed E-state index contributed by atoms with van der Waals surface area (Å²) >= 11 is 0. The fourth-order valence-electron chi connectivity index (χ4n) is 6.58. The molecule has 8 N–H and O–H groups in total. The monoisotopic (exact) mass is 384 g/mol. The Morgan fingerprint density at radius 1 is 1.43 bits per heavy atom. The number of nitrogens with two attached hydrogens (primary N) is 2. The lowest BCUT2D eigenvalue weighted by molar-refractivity contribution is -0.456. The molecule has 0 radical (unpaired) electrons. The number of aliphatic hydroxyl groups excluding tert-OH is 1. The molecule has 0 aliphatic heterocycles. The number of aliphatic imine (C=N–C) groups is 1. The second-order valence-electron chi connectivity index (χ2n) is 8.84. The van der Waals surface area contributed by atoms with Crippen molar-refractivity contribution in [3.8, 4) is 0 Å². The molecule has 7 unspecified atom stereocenters. The van der Waals surface area contributed by atoms with Crippen molar-refractivity contribution in [2.75, 3.05) is 0 Å². The van der Waals surface area contributed by atoms with Gasteiger partial charge in [0.2, 0.25) is 0 Å². The van der Waals surface area contributed by atoms with E-state index in [-0.39, 0.29) is 11.5 Å². The van der Waals surface area contributed by atoms with Gasteiger partial charge in [0.05, 0.1) is 23.4 Å². The van der Waals surface area contributed by atoms with Crippen molar-refractivity contribution in [1.82, 2.24) is 15.7 Å². The van der Waals surface area contributed by atoms with Crippen molar-refractivity contribution in [3.63, 3.8) is 0 Å². The maximum Gasteiger partial charge on any atom is 0.128 e. The van der Waals surface area contributed by atoms with E-state index in [2.05, 4.69) is 15.7 Å². The first-order chi connectivity index (χ1) is 13.4. The number of amidine groups is 1. The van der Waals surface area contributed by atoms with E-state index in [0.29, 0.717) is 23.4 Å². The van der Waals surface area contributed by atoms with E-state index in [9.17, 15) is 10.2 Å². The first kappa shape index (κ1) is 18.1. The van der Waals surface area contributed by atoms with Crippen LogP contribution < -0.4 is 22.3 Å². The summed E-state index contributed by atoms with van der Waals surface area (Å²) in [4.78, 5) is 9.27. The van der Waals surface area contributed by atoms with Gasteiger partial charge in [-0.2, -0.15) is 0 Å². The highest BCUT2D eigenvalue weighted by Gasteiger charge is 2.91. The molecule has 4 aliphatic rings. The topological polar surface area (TPSA) is 142 Å². The lowest BCUT2D eigenvalue weighted by Gasteiger charge is -2.90. The molecule has 4 saturated carbocycles. The molecule has 5 rings (SSSR count). The lowest BCUT2D eigenvalue weighted by Crippen LogP contribution is -2.93. The molecule has 0 bridgehead atoms. The molecule has 1 heterocycles. The number of pyridine rings is 1. The highest BCUT2D eigenvalue weighted by atomic mass is 16.3. The van der Waals surface area contributed by atoms with Crippen LogP contribution in [0.3, 0.4) is 0 Å². The van der Waals surface area contributed by atoms with Gasteiger partial charge >= 0.3 is 0 Å². The van der Waals surface area contributed by atoms with Crippen molar-refractivity contribution >= 4 is 11.9 Å². The zero-order valence-corrected chi connectivity index (χ0v) is 15.9. The first-order valence-electron chi connectivity index (χ1n) is 10.00. The number of aliphatic hydroxyl groups is 2. The van der Waals surface area contributed by atoms with E-state index in [4.69, 9.17) is 16.6 Å². The van der Waals surface area contributed by atoms with Gasteiger partial charge in [0.25, 0.3) is 0 Å². The maximum absolute atomic E-state index is 10.6. The summed E-state index contributed by atoms with van der Waals surface area (Å²) in [6.45, 7) is 1.64. The van der Waals surface area contributed by atoms with Gasteiger partial charge in [-0.15, -0.1) is 0 Å². The average molecular weight is 384 g/mol. The van der Waals surface area contributed by atoms with Crippen LogP contribution >= 0.6 is 0 Å². The summed E-state index contributed by atoms with van der Waals surface area (Å²) in [6.07, 6.45) is 7.10. The average Bonchev–Trinajstić information content (AvgIpc) is 2.64. The van der Waals surface area contributed by atoms with Crippen molar-refractivity contribution in [2.24, 2.45) is 39.7 Å². The minimum absolute atomic E-state index is 0.189. The third-order valence-corrected chi connectivity index (χ3v) is 7.79. The van der Waals surface area contributed by atoms with Crippen molar-refractivity contribution < 1.29 is 10.2 Å². The van der Waals surface area contributed by atoms with E-state index in [1.54, 1.807) is 25.4 Å². The number of aromatic nitrogens is 1. The van der Waals surface area contributed by atoms with E-state index < -0.39 is 17.9 Å². The third-order valence-electron chi connectivity index (χ3n) is 7.79. The molecule has 150 valence electrons. The molecule has 1 aromatic rings. The van der Waals surface area contributed by atoms with Gasteiger partial charge in [0.1, 0.15) is 12.0 Å². The summed E-state index contributed by atoms with van der Waals surface area (Å²) in [5, 5.41) is 23.2. The minimum Gasteiger partial charge on any atom is -0.390 e. The summed E-state index contributed by atoms with van der Waals surface area (Å²) < 4.78 is 0. The summed E-state index contributed by atoms with van der Waals surface area (Å²) in [5.41, 5.74) is 10.2. The molecule has 4 aliphatic carbocycles. The zero-order chi connectivity index (χ0) is 19.7. The molecule has 0 saturated heterocycles. The number of nitrogens with zero attached hydrogens (tertiary/aromatic N) is 2. The van der Waals surface area contributed by atoms with Crippen LogP contribution in [0, 0.1) is 23.2 Å². The lowest BCUT2D eigenvalue weighted by atomic mass is 9.15. The number of hydrogen-bond acceptors (Lipinski definition) is 7. The van der Waals surface area contributed by atoms with Crippen molar-refractivity contribution in [1.29, 1.82) is 0 Å². The van der Waals surface area contributed by atoms with Gasteiger partial charge in [-0.1, -0.05) is 0 Å². The Bertz CT molecular complexity index is 849. The molecule has 1 spiro atoms. The molecule has 0 amide bonds. The maximum atomic E-state index is 10.6. The van der Waals surface area contributed by atoms with Crippen molar-refractivity contribution in [2.45, 2.75) is 50.1 Å². The number of hydrazine groups is 1. The quantitative estimate of drug-likeness (QED) is 0.124. The molecule has 0 aromatic carbocycles.